The first-order chi connectivity index (χ1) is 13.7. The maximum Gasteiger partial charge on any atom is 0.280 e. The second-order valence-electron chi connectivity index (χ2n) is 5.69. The van der Waals surface area contributed by atoms with E-state index in [1.807, 2.05) is 36.4 Å². The summed E-state index contributed by atoms with van der Waals surface area (Å²) < 4.78 is 0. The number of carbonyl (C=O) groups is 1. The number of oxime groups is 1. The smallest absolute Gasteiger partial charge is 0.280 e. The third-order valence-corrected chi connectivity index (χ3v) is 4.11. The minimum atomic E-state index is -0.645. The van der Waals surface area contributed by atoms with Crippen LogP contribution in [0.5, 0.6) is 0 Å². The van der Waals surface area contributed by atoms with Gasteiger partial charge in [-0.3, -0.25) is 10.2 Å². The van der Waals surface area contributed by atoms with Gasteiger partial charge in [-0.15, -0.1) is 0 Å². The molecule has 0 radical (unpaired) electrons. The summed E-state index contributed by atoms with van der Waals surface area (Å²) in [6, 6.07) is 25.0. The van der Waals surface area contributed by atoms with E-state index in [1.165, 1.54) is 0 Å². The highest BCUT2D eigenvalue weighted by atomic mass is 35.5. The summed E-state index contributed by atoms with van der Waals surface area (Å²) in [4.78, 5) is 12.8. The Morgan fingerprint density at radius 1 is 0.857 bits per heavy atom. The number of amides is 1. The molecule has 6 nitrogen and oxygen atoms in total. The molecule has 0 unspecified atom stereocenters. The van der Waals surface area contributed by atoms with Crippen molar-refractivity contribution in [3.8, 4) is 0 Å². The van der Waals surface area contributed by atoms with Crippen LogP contribution in [-0.2, 0) is 4.79 Å². The van der Waals surface area contributed by atoms with Crippen LogP contribution in [0.3, 0.4) is 0 Å². The molecule has 3 aromatic rings. The summed E-state index contributed by atoms with van der Waals surface area (Å²) in [5.41, 5.74) is 4.53. The van der Waals surface area contributed by atoms with Crippen molar-refractivity contribution in [1.82, 2.24) is 0 Å². The quantitative estimate of drug-likeness (QED) is 0.325. The van der Waals surface area contributed by atoms with E-state index in [-0.39, 0.29) is 11.4 Å². The number of anilines is 2. The van der Waals surface area contributed by atoms with Crippen LogP contribution in [-0.4, -0.2) is 22.5 Å². The molecule has 0 aromatic heterocycles. The lowest BCUT2D eigenvalue weighted by Crippen LogP contribution is -2.31. The van der Waals surface area contributed by atoms with Crippen molar-refractivity contribution in [3.63, 3.8) is 0 Å². The highest BCUT2D eigenvalue weighted by molar-refractivity contribution is 6.71. The van der Waals surface area contributed by atoms with Crippen LogP contribution in [0.2, 0.25) is 5.02 Å². The number of hydrazone groups is 1. The summed E-state index contributed by atoms with van der Waals surface area (Å²) in [6.07, 6.45) is 0. The highest BCUT2D eigenvalue weighted by Crippen LogP contribution is 2.20. The normalized spacial score (nSPS) is 11.8. The number of nitrogens with zero attached hydrogens (tertiary/aromatic N) is 2. The Bertz CT molecular complexity index is 1010. The molecule has 3 N–H and O–H groups in total. The standard InChI is InChI=1S/C21H17ClN4O2/c22-17-13-7-8-14-18(17)23-21(27)20(26-28)19(15-9-3-1-4-10-15)25-24-16-11-5-2-6-12-16/h1-14,24,28H,(H,23,27)/b25-19-,26-20-. The monoisotopic (exact) mass is 392 g/mol. The van der Waals surface area contributed by atoms with Gasteiger partial charge in [0.2, 0.25) is 0 Å². The van der Waals surface area contributed by atoms with Crippen molar-refractivity contribution < 1.29 is 10.0 Å². The average Bonchev–Trinajstić information content (AvgIpc) is 2.74. The average molecular weight is 393 g/mol. The lowest BCUT2D eigenvalue weighted by atomic mass is 10.1. The zero-order valence-electron chi connectivity index (χ0n) is 14.7. The van der Waals surface area contributed by atoms with E-state index in [2.05, 4.69) is 21.0 Å². The Hall–Kier alpha value is -3.64. The largest absolute Gasteiger partial charge is 0.410 e. The fourth-order valence-corrected chi connectivity index (χ4v) is 2.61. The second kappa shape index (κ2) is 9.34. The van der Waals surface area contributed by atoms with Crippen LogP contribution in [0, 0.1) is 0 Å². The van der Waals surface area contributed by atoms with Crippen molar-refractivity contribution in [2.45, 2.75) is 0 Å². The predicted molar refractivity (Wildman–Crippen MR) is 112 cm³/mol. The Labute approximate surface area is 167 Å². The predicted octanol–water partition coefficient (Wildman–Crippen LogP) is 4.63. The van der Waals surface area contributed by atoms with E-state index in [4.69, 9.17) is 11.6 Å². The van der Waals surface area contributed by atoms with Crippen molar-refractivity contribution in [1.29, 1.82) is 0 Å². The Morgan fingerprint density at radius 2 is 1.46 bits per heavy atom. The SMILES string of the molecule is O=C(Nc1ccccc1Cl)C(=N\O)/C(=N\Nc1ccccc1)c1ccccc1. The van der Waals surface area contributed by atoms with E-state index < -0.39 is 5.91 Å². The number of nitrogens with one attached hydrogen (secondary N) is 2. The minimum Gasteiger partial charge on any atom is -0.410 e. The third-order valence-electron chi connectivity index (χ3n) is 3.78. The highest BCUT2D eigenvalue weighted by Gasteiger charge is 2.22. The first-order valence-corrected chi connectivity index (χ1v) is 8.79. The molecule has 0 aliphatic heterocycles. The number of hydrogen-bond donors (Lipinski definition) is 3. The number of para-hydroxylation sites is 2. The molecule has 0 saturated heterocycles. The Kier molecular flexibility index (Phi) is 6.38. The number of benzene rings is 3. The lowest BCUT2D eigenvalue weighted by molar-refractivity contribution is -0.110. The zero-order chi connectivity index (χ0) is 19.8. The van der Waals surface area contributed by atoms with Crippen LogP contribution < -0.4 is 10.7 Å². The van der Waals surface area contributed by atoms with E-state index >= 15 is 0 Å². The van der Waals surface area contributed by atoms with Crippen molar-refractivity contribution in [2.24, 2.45) is 10.3 Å². The second-order valence-corrected chi connectivity index (χ2v) is 6.09. The van der Waals surface area contributed by atoms with Gasteiger partial charge >= 0.3 is 0 Å². The molecule has 140 valence electrons. The van der Waals surface area contributed by atoms with Gasteiger partial charge in [0.1, 0.15) is 5.71 Å². The van der Waals surface area contributed by atoms with Gasteiger partial charge in [0, 0.05) is 5.56 Å². The lowest BCUT2D eigenvalue weighted by Gasteiger charge is -2.11. The molecule has 0 heterocycles. The zero-order valence-corrected chi connectivity index (χ0v) is 15.5. The first kappa shape index (κ1) is 19.1. The summed E-state index contributed by atoms with van der Waals surface area (Å²) >= 11 is 6.09. The summed E-state index contributed by atoms with van der Waals surface area (Å²) in [5.74, 6) is -0.645. The molecular formula is C21H17ClN4O2. The molecule has 0 aliphatic carbocycles. The van der Waals surface area contributed by atoms with Gasteiger partial charge in [-0.2, -0.15) is 5.10 Å². The number of hydrogen-bond acceptors (Lipinski definition) is 5. The molecule has 28 heavy (non-hydrogen) atoms. The van der Waals surface area contributed by atoms with E-state index in [1.54, 1.807) is 48.5 Å². The molecule has 1 amide bonds. The van der Waals surface area contributed by atoms with Crippen molar-refractivity contribution in [2.75, 3.05) is 10.7 Å². The van der Waals surface area contributed by atoms with Gasteiger partial charge < -0.3 is 10.5 Å². The topological polar surface area (TPSA) is 86.1 Å². The van der Waals surface area contributed by atoms with E-state index in [0.717, 1.165) is 5.69 Å². The molecule has 0 saturated carbocycles. The molecule has 0 bridgehead atoms. The molecule has 0 fully saturated rings. The molecule has 0 aliphatic rings. The number of halogens is 1. The van der Waals surface area contributed by atoms with Crippen molar-refractivity contribution >= 4 is 40.3 Å². The van der Waals surface area contributed by atoms with Crippen molar-refractivity contribution in [3.05, 3.63) is 95.5 Å². The van der Waals surface area contributed by atoms with E-state index in [0.29, 0.717) is 16.3 Å². The fourth-order valence-electron chi connectivity index (χ4n) is 2.43. The fraction of sp³-hybridized carbons (Fsp3) is 0. The Morgan fingerprint density at radius 3 is 2.11 bits per heavy atom. The minimum absolute atomic E-state index is 0.177. The van der Waals surface area contributed by atoms with Gasteiger partial charge in [0.25, 0.3) is 5.91 Å². The van der Waals surface area contributed by atoms with Gasteiger partial charge in [-0.05, 0) is 24.3 Å². The van der Waals surface area contributed by atoms with Crippen LogP contribution in [0.25, 0.3) is 0 Å². The number of rotatable bonds is 6. The first-order valence-electron chi connectivity index (χ1n) is 8.41. The van der Waals surface area contributed by atoms with Gasteiger partial charge in [0.15, 0.2) is 5.71 Å². The maximum atomic E-state index is 12.8. The van der Waals surface area contributed by atoms with Crippen LogP contribution in [0.4, 0.5) is 11.4 Å². The molecular weight excluding hydrogens is 376 g/mol. The van der Waals surface area contributed by atoms with Gasteiger partial charge in [-0.1, -0.05) is 77.4 Å². The number of carbonyl (C=O) groups excluding carboxylic acids is 1. The molecule has 7 heteroatoms. The third kappa shape index (κ3) is 4.75. The maximum absolute atomic E-state index is 12.8. The van der Waals surface area contributed by atoms with Crippen LogP contribution >= 0.6 is 11.6 Å². The Balaban J connectivity index is 1.93. The van der Waals surface area contributed by atoms with Gasteiger partial charge in [0.05, 0.1) is 16.4 Å². The summed E-state index contributed by atoms with van der Waals surface area (Å²) in [5, 5.41) is 20.1. The summed E-state index contributed by atoms with van der Waals surface area (Å²) in [7, 11) is 0. The van der Waals surface area contributed by atoms with E-state index in [9.17, 15) is 10.0 Å². The van der Waals surface area contributed by atoms with Crippen LogP contribution in [0.15, 0.2) is 95.2 Å². The van der Waals surface area contributed by atoms with Gasteiger partial charge in [-0.25, -0.2) is 0 Å². The molecule has 0 spiro atoms. The van der Waals surface area contributed by atoms with Crippen LogP contribution in [0.1, 0.15) is 5.56 Å². The molecule has 0 atom stereocenters. The molecule has 3 aromatic carbocycles. The summed E-state index contributed by atoms with van der Waals surface area (Å²) in [6.45, 7) is 0. The molecule has 3 rings (SSSR count).